The minimum atomic E-state index is -3.62. The number of anilines is 1. The lowest BCUT2D eigenvalue weighted by molar-refractivity contribution is -0.117. The van der Waals surface area contributed by atoms with Gasteiger partial charge in [-0.15, -0.1) is 0 Å². The van der Waals surface area contributed by atoms with Gasteiger partial charge in [-0.2, -0.15) is 0 Å². The molecule has 0 bridgehead atoms. The van der Waals surface area contributed by atoms with Gasteiger partial charge in [-0.1, -0.05) is 38.1 Å². The molecule has 8 nitrogen and oxygen atoms in total. The smallest absolute Gasteiger partial charge is 0.242 e. The first-order valence-electron chi connectivity index (χ1n) is 11.5. The van der Waals surface area contributed by atoms with Crippen LogP contribution in [-0.2, 0) is 21.4 Å². The summed E-state index contributed by atoms with van der Waals surface area (Å²) in [5.74, 6) is 0.748. The van der Waals surface area contributed by atoms with Crippen molar-refractivity contribution in [2.45, 2.75) is 31.2 Å². The predicted octanol–water partition coefficient (Wildman–Crippen LogP) is 2.83. The van der Waals surface area contributed by atoms with E-state index < -0.39 is 10.0 Å². The highest BCUT2D eigenvalue weighted by atomic mass is 32.2. The Kier molecular flexibility index (Phi) is 8.70. The van der Waals surface area contributed by atoms with E-state index in [1.54, 1.807) is 6.07 Å². The molecule has 0 aromatic heterocycles. The van der Waals surface area contributed by atoms with Crippen molar-refractivity contribution in [3.8, 4) is 5.75 Å². The van der Waals surface area contributed by atoms with E-state index in [0.29, 0.717) is 17.4 Å². The molecule has 1 fully saturated rings. The minimum absolute atomic E-state index is 0.101. The number of nitrogens with zero attached hydrogens (tertiary/aromatic N) is 3. The van der Waals surface area contributed by atoms with Crippen LogP contribution in [0, 0.1) is 0 Å². The Balaban J connectivity index is 1.54. The zero-order valence-electron chi connectivity index (χ0n) is 20.7. The average molecular weight is 489 g/mol. The van der Waals surface area contributed by atoms with Gasteiger partial charge in [0.05, 0.1) is 24.2 Å². The molecule has 2 aromatic carbocycles. The quantitative estimate of drug-likeness (QED) is 0.585. The Morgan fingerprint density at radius 3 is 2.21 bits per heavy atom. The highest BCUT2D eigenvalue weighted by Gasteiger charge is 2.22. The number of benzene rings is 2. The van der Waals surface area contributed by atoms with Crippen LogP contribution in [0.3, 0.4) is 0 Å². The van der Waals surface area contributed by atoms with Crippen LogP contribution in [0.15, 0.2) is 47.4 Å². The summed E-state index contributed by atoms with van der Waals surface area (Å²) in [6, 6.07) is 13.3. The van der Waals surface area contributed by atoms with Gasteiger partial charge in [0.25, 0.3) is 0 Å². The van der Waals surface area contributed by atoms with Gasteiger partial charge in [0.2, 0.25) is 15.9 Å². The Morgan fingerprint density at radius 2 is 1.65 bits per heavy atom. The van der Waals surface area contributed by atoms with Crippen molar-refractivity contribution in [3.63, 3.8) is 0 Å². The first-order valence-corrected chi connectivity index (χ1v) is 13.0. The van der Waals surface area contributed by atoms with E-state index >= 15 is 0 Å². The standard InChI is InChI=1S/C25H36N4O4S/c1-19(2)21-8-6-20(7-9-21)17-28-12-14-29(15-13-28)18-25(30)26-23-16-22(10-11-24(23)33-5)34(31,32)27(3)4/h6-11,16,19H,12-15,17-18H2,1-5H3,(H,26,30). The SMILES string of the molecule is COc1ccc(S(=O)(=O)N(C)C)cc1NC(=O)CN1CCN(Cc2ccc(C(C)C)cc2)CC1. The molecule has 0 spiro atoms. The molecule has 0 saturated carbocycles. The molecule has 1 saturated heterocycles. The van der Waals surface area contributed by atoms with Crippen LogP contribution >= 0.6 is 0 Å². The second-order valence-electron chi connectivity index (χ2n) is 9.15. The maximum atomic E-state index is 12.7. The Hall–Kier alpha value is -2.46. The molecule has 0 unspecified atom stereocenters. The van der Waals surface area contributed by atoms with E-state index in [1.165, 1.54) is 44.5 Å². The fraction of sp³-hybridized carbons (Fsp3) is 0.480. The lowest BCUT2D eigenvalue weighted by Gasteiger charge is -2.34. The minimum Gasteiger partial charge on any atom is -0.495 e. The van der Waals surface area contributed by atoms with Crippen molar-refractivity contribution in [2.75, 3.05) is 59.2 Å². The maximum absolute atomic E-state index is 12.7. The number of carbonyl (C=O) groups excluding carboxylic acids is 1. The molecule has 3 rings (SSSR count). The summed E-state index contributed by atoms with van der Waals surface area (Å²) < 4.78 is 31.4. The van der Waals surface area contributed by atoms with Gasteiger partial charge in [0.1, 0.15) is 5.75 Å². The number of ether oxygens (including phenoxy) is 1. The first-order chi connectivity index (χ1) is 16.1. The molecular weight excluding hydrogens is 452 g/mol. The number of nitrogens with one attached hydrogen (secondary N) is 1. The molecule has 2 aromatic rings. The van der Waals surface area contributed by atoms with Gasteiger partial charge in [0.15, 0.2) is 0 Å². The fourth-order valence-corrected chi connectivity index (χ4v) is 4.85. The largest absolute Gasteiger partial charge is 0.495 e. The maximum Gasteiger partial charge on any atom is 0.242 e. The lowest BCUT2D eigenvalue weighted by Crippen LogP contribution is -2.48. The number of hydrogen-bond acceptors (Lipinski definition) is 6. The highest BCUT2D eigenvalue weighted by molar-refractivity contribution is 7.89. The van der Waals surface area contributed by atoms with Crippen LogP contribution in [0.25, 0.3) is 0 Å². The van der Waals surface area contributed by atoms with E-state index in [0.717, 1.165) is 37.0 Å². The summed E-state index contributed by atoms with van der Waals surface area (Å²) >= 11 is 0. The third-order valence-electron chi connectivity index (χ3n) is 6.11. The summed E-state index contributed by atoms with van der Waals surface area (Å²) in [5.41, 5.74) is 3.00. The highest BCUT2D eigenvalue weighted by Crippen LogP contribution is 2.28. The number of piperazine rings is 1. The van der Waals surface area contributed by atoms with E-state index in [-0.39, 0.29) is 17.3 Å². The number of methoxy groups -OCH3 is 1. The number of hydrogen-bond donors (Lipinski definition) is 1. The summed E-state index contributed by atoms with van der Waals surface area (Å²) in [6.07, 6.45) is 0. The summed E-state index contributed by atoms with van der Waals surface area (Å²) in [5, 5.41) is 2.82. The topological polar surface area (TPSA) is 82.2 Å². The van der Waals surface area contributed by atoms with Crippen molar-refractivity contribution in [3.05, 3.63) is 53.6 Å². The van der Waals surface area contributed by atoms with Gasteiger partial charge in [-0.05, 0) is 35.2 Å². The van der Waals surface area contributed by atoms with Crippen LogP contribution in [0.2, 0.25) is 0 Å². The van der Waals surface area contributed by atoms with Gasteiger partial charge in [-0.3, -0.25) is 14.6 Å². The molecule has 1 heterocycles. The van der Waals surface area contributed by atoms with E-state index in [4.69, 9.17) is 4.74 Å². The Morgan fingerprint density at radius 1 is 1.03 bits per heavy atom. The molecular formula is C25H36N4O4S. The molecule has 34 heavy (non-hydrogen) atoms. The normalized spacial score (nSPS) is 15.6. The van der Waals surface area contributed by atoms with E-state index in [2.05, 4.69) is 53.2 Å². The number of sulfonamides is 1. The van der Waals surface area contributed by atoms with Crippen molar-refractivity contribution in [1.82, 2.24) is 14.1 Å². The van der Waals surface area contributed by atoms with Crippen LogP contribution in [-0.4, -0.2) is 82.4 Å². The van der Waals surface area contributed by atoms with Gasteiger partial charge >= 0.3 is 0 Å². The number of rotatable bonds is 9. The van der Waals surface area contributed by atoms with Gasteiger partial charge in [-0.25, -0.2) is 12.7 Å². The second-order valence-corrected chi connectivity index (χ2v) is 11.3. The predicted molar refractivity (Wildman–Crippen MR) is 135 cm³/mol. The molecule has 1 N–H and O–H groups in total. The first kappa shape index (κ1) is 26.2. The van der Waals surface area contributed by atoms with Crippen LogP contribution in [0.5, 0.6) is 5.75 Å². The van der Waals surface area contributed by atoms with Crippen molar-refractivity contribution < 1.29 is 17.9 Å². The third-order valence-corrected chi connectivity index (χ3v) is 7.92. The summed E-state index contributed by atoms with van der Waals surface area (Å²) in [4.78, 5) is 17.3. The fourth-order valence-electron chi connectivity index (χ4n) is 3.92. The van der Waals surface area contributed by atoms with Crippen molar-refractivity contribution >= 4 is 21.6 Å². The molecule has 9 heteroatoms. The van der Waals surface area contributed by atoms with Crippen molar-refractivity contribution in [1.29, 1.82) is 0 Å². The van der Waals surface area contributed by atoms with Gasteiger partial charge < -0.3 is 10.1 Å². The van der Waals surface area contributed by atoms with Crippen LogP contribution in [0.1, 0.15) is 30.9 Å². The van der Waals surface area contributed by atoms with Crippen LogP contribution in [0.4, 0.5) is 5.69 Å². The molecule has 0 aliphatic carbocycles. The zero-order chi connectivity index (χ0) is 24.9. The molecule has 0 radical (unpaired) electrons. The Labute approximate surface area is 203 Å². The number of carbonyl (C=O) groups is 1. The number of amides is 1. The molecule has 1 aliphatic heterocycles. The monoisotopic (exact) mass is 488 g/mol. The third kappa shape index (κ3) is 6.56. The van der Waals surface area contributed by atoms with Crippen molar-refractivity contribution in [2.24, 2.45) is 0 Å². The molecule has 0 atom stereocenters. The van der Waals surface area contributed by atoms with E-state index in [1.807, 2.05) is 0 Å². The van der Waals surface area contributed by atoms with E-state index in [9.17, 15) is 13.2 Å². The zero-order valence-corrected chi connectivity index (χ0v) is 21.6. The Bertz CT molecular complexity index is 1080. The second kappa shape index (κ2) is 11.3. The molecule has 186 valence electrons. The van der Waals surface area contributed by atoms with Crippen LogP contribution < -0.4 is 10.1 Å². The molecule has 1 amide bonds. The average Bonchev–Trinajstić information content (AvgIpc) is 2.80. The molecule has 1 aliphatic rings. The summed E-state index contributed by atoms with van der Waals surface area (Å²) in [6.45, 7) is 8.91. The van der Waals surface area contributed by atoms with Gasteiger partial charge in [0, 0.05) is 46.8 Å². The summed E-state index contributed by atoms with van der Waals surface area (Å²) in [7, 11) is 0.812. The lowest BCUT2D eigenvalue weighted by atomic mass is 10.0.